The van der Waals surface area contributed by atoms with Crippen LogP contribution < -0.4 is 0 Å². The minimum absolute atomic E-state index is 0.424. The van der Waals surface area contributed by atoms with E-state index >= 15 is 0 Å². The van der Waals surface area contributed by atoms with E-state index in [-0.39, 0.29) is 0 Å². The lowest BCUT2D eigenvalue weighted by atomic mass is 10.3. The third-order valence-electron chi connectivity index (χ3n) is 0.951. The van der Waals surface area contributed by atoms with Crippen LogP contribution in [0.4, 0.5) is 0 Å². The largest absolute Gasteiger partial charge is 0.357 e. The monoisotopic (exact) mass is 168 g/mol. The molecule has 5 heteroatoms. The topological polar surface area (TPSA) is 58.9 Å². The highest BCUT2D eigenvalue weighted by molar-refractivity contribution is 7.39. The minimum Gasteiger partial charge on any atom is -0.327 e. The molecule has 10 heavy (non-hydrogen) atoms. The SMILES string of the molecule is CCCCCOOP(O)O. The molecular weight excluding hydrogens is 155 g/mol. The van der Waals surface area contributed by atoms with E-state index in [9.17, 15) is 0 Å². The zero-order valence-corrected chi connectivity index (χ0v) is 6.88. The maximum Gasteiger partial charge on any atom is 0.357 e. The highest BCUT2D eigenvalue weighted by Gasteiger charge is 1.98. The molecule has 0 fully saturated rings. The first-order valence-corrected chi connectivity index (χ1v) is 4.41. The fourth-order valence-electron chi connectivity index (χ4n) is 0.495. The molecule has 0 amide bonds. The number of rotatable bonds is 6. The molecule has 0 aliphatic heterocycles. The first kappa shape index (κ1) is 10.3. The van der Waals surface area contributed by atoms with Crippen LogP contribution >= 0.6 is 8.60 Å². The summed E-state index contributed by atoms with van der Waals surface area (Å²) in [5, 5.41) is 0. The normalized spacial score (nSPS) is 10.8. The molecule has 0 rings (SSSR count). The Morgan fingerprint density at radius 1 is 1.30 bits per heavy atom. The number of hydrogen-bond acceptors (Lipinski definition) is 4. The molecule has 0 radical (unpaired) electrons. The van der Waals surface area contributed by atoms with Crippen molar-refractivity contribution in [3.63, 3.8) is 0 Å². The van der Waals surface area contributed by atoms with Crippen LogP contribution in [-0.4, -0.2) is 16.4 Å². The predicted octanol–water partition coefficient (Wildman–Crippen LogP) is 1.34. The van der Waals surface area contributed by atoms with E-state index in [1.165, 1.54) is 0 Å². The van der Waals surface area contributed by atoms with Crippen LogP contribution in [-0.2, 0) is 9.56 Å². The highest BCUT2D eigenvalue weighted by atomic mass is 31.2. The summed E-state index contributed by atoms with van der Waals surface area (Å²) in [6.45, 7) is 2.50. The van der Waals surface area contributed by atoms with E-state index in [0.717, 1.165) is 19.3 Å². The summed E-state index contributed by atoms with van der Waals surface area (Å²) in [5.41, 5.74) is 0. The van der Waals surface area contributed by atoms with Gasteiger partial charge in [0.2, 0.25) is 0 Å². The van der Waals surface area contributed by atoms with Gasteiger partial charge in [-0.05, 0) is 6.42 Å². The molecule has 0 aromatic carbocycles. The van der Waals surface area contributed by atoms with Gasteiger partial charge in [-0.15, -0.1) is 0 Å². The first-order valence-electron chi connectivity index (χ1n) is 3.25. The van der Waals surface area contributed by atoms with Crippen molar-refractivity contribution in [2.45, 2.75) is 26.2 Å². The molecule has 0 aliphatic carbocycles. The van der Waals surface area contributed by atoms with Crippen LogP contribution in [0, 0.1) is 0 Å². The van der Waals surface area contributed by atoms with Crippen molar-refractivity contribution in [2.75, 3.05) is 6.61 Å². The van der Waals surface area contributed by atoms with E-state index < -0.39 is 8.60 Å². The van der Waals surface area contributed by atoms with Crippen LogP contribution in [0.1, 0.15) is 26.2 Å². The second-order valence-electron chi connectivity index (χ2n) is 1.86. The van der Waals surface area contributed by atoms with Crippen molar-refractivity contribution in [3.8, 4) is 0 Å². The van der Waals surface area contributed by atoms with Gasteiger partial charge in [-0.2, -0.15) is 4.67 Å². The van der Waals surface area contributed by atoms with E-state index in [0.29, 0.717) is 6.61 Å². The van der Waals surface area contributed by atoms with Gasteiger partial charge in [0.25, 0.3) is 0 Å². The molecule has 0 spiro atoms. The lowest BCUT2D eigenvalue weighted by Crippen LogP contribution is -1.92. The summed E-state index contributed by atoms with van der Waals surface area (Å²) in [7, 11) is -2.34. The zero-order chi connectivity index (χ0) is 7.82. The summed E-state index contributed by atoms with van der Waals surface area (Å²) < 4.78 is 4.06. The Bertz CT molecular complexity index is 68.7. The lowest BCUT2D eigenvalue weighted by molar-refractivity contribution is -0.213. The van der Waals surface area contributed by atoms with Crippen molar-refractivity contribution in [1.29, 1.82) is 0 Å². The molecule has 0 unspecified atom stereocenters. The van der Waals surface area contributed by atoms with Gasteiger partial charge < -0.3 is 9.79 Å². The van der Waals surface area contributed by atoms with Crippen molar-refractivity contribution in [2.24, 2.45) is 0 Å². The summed E-state index contributed by atoms with van der Waals surface area (Å²) in [5.74, 6) is 0. The molecule has 0 atom stereocenters. The second-order valence-corrected chi connectivity index (χ2v) is 2.51. The quantitative estimate of drug-likeness (QED) is 0.272. The molecule has 0 aromatic heterocycles. The Labute approximate surface area is 61.7 Å². The Morgan fingerprint density at radius 3 is 2.50 bits per heavy atom. The molecule has 0 aliphatic rings. The first-order chi connectivity index (χ1) is 4.77. The Hall–Kier alpha value is 0.270. The summed E-state index contributed by atoms with van der Waals surface area (Å²) in [6, 6.07) is 0. The van der Waals surface area contributed by atoms with Gasteiger partial charge in [0.15, 0.2) is 0 Å². The third-order valence-corrected chi connectivity index (χ3v) is 1.19. The van der Waals surface area contributed by atoms with Gasteiger partial charge in [0, 0.05) is 0 Å². The molecule has 2 N–H and O–H groups in total. The highest BCUT2D eigenvalue weighted by Crippen LogP contribution is 2.24. The van der Waals surface area contributed by atoms with Crippen LogP contribution in [0.25, 0.3) is 0 Å². The average Bonchev–Trinajstić information content (AvgIpc) is 1.87. The molecule has 4 nitrogen and oxygen atoms in total. The minimum atomic E-state index is -2.34. The van der Waals surface area contributed by atoms with E-state index in [1.807, 2.05) is 0 Å². The molecule has 62 valence electrons. The van der Waals surface area contributed by atoms with Crippen LogP contribution in [0.5, 0.6) is 0 Å². The molecule has 0 saturated carbocycles. The predicted molar refractivity (Wildman–Crippen MR) is 37.9 cm³/mol. The molecule has 0 aromatic rings. The maximum atomic E-state index is 8.18. The van der Waals surface area contributed by atoms with Crippen molar-refractivity contribution in [1.82, 2.24) is 0 Å². The van der Waals surface area contributed by atoms with Gasteiger partial charge in [-0.1, -0.05) is 19.8 Å². The number of unbranched alkanes of at least 4 members (excludes halogenated alkanes) is 2. The molecule has 0 heterocycles. The van der Waals surface area contributed by atoms with Gasteiger partial charge >= 0.3 is 8.60 Å². The van der Waals surface area contributed by atoms with E-state index in [2.05, 4.69) is 16.5 Å². The average molecular weight is 168 g/mol. The molecule has 0 bridgehead atoms. The second kappa shape index (κ2) is 7.38. The summed E-state index contributed by atoms with van der Waals surface area (Å²) >= 11 is 0. The maximum absolute atomic E-state index is 8.18. The fraction of sp³-hybridized carbons (Fsp3) is 1.00. The molecule has 0 saturated heterocycles. The zero-order valence-electron chi connectivity index (χ0n) is 5.99. The summed E-state index contributed by atoms with van der Waals surface area (Å²) in [6.07, 6.45) is 3.06. The summed E-state index contributed by atoms with van der Waals surface area (Å²) in [4.78, 5) is 20.8. The van der Waals surface area contributed by atoms with Crippen LogP contribution in [0.15, 0.2) is 0 Å². The Kier molecular flexibility index (Phi) is 7.58. The van der Waals surface area contributed by atoms with Crippen molar-refractivity contribution in [3.05, 3.63) is 0 Å². The Balaban J connectivity index is 2.77. The Morgan fingerprint density at radius 2 is 2.00 bits per heavy atom. The van der Waals surface area contributed by atoms with E-state index in [4.69, 9.17) is 9.79 Å². The number of hydrogen-bond donors (Lipinski definition) is 2. The van der Waals surface area contributed by atoms with Gasteiger partial charge in [-0.3, -0.25) is 0 Å². The fourth-order valence-corrected chi connectivity index (χ4v) is 0.664. The van der Waals surface area contributed by atoms with E-state index in [1.54, 1.807) is 0 Å². The van der Waals surface area contributed by atoms with Crippen molar-refractivity contribution >= 4 is 8.60 Å². The van der Waals surface area contributed by atoms with Gasteiger partial charge in [-0.25, -0.2) is 4.89 Å². The third kappa shape index (κ3) is 8.27. The van der Waals surface area contributed by atoms with Gasteiger partial charge in [0.1, 0.15) is 0 Å². The standard InChI is InChI=1S/C5H13O4P/c1-2-3-4-5-8-9-10(6)7/h6-7H,2-5H2,1H3. The molecular formula is C5H13O4P. The lowest BCUT2D eigenvalue weighted by Gasteiger charge is -2.01. The smallest absolute Gasteiger partial charge is 0.327 e. The van der Waals surface area contributed by atoms with Crippen molar-refractivity contribution < 1.29 is 19.3 Å². The van der Waals surface area contributed by atoms with Gasteiger partial charge in [0.05, 0.1) is 6.61 Å². The van der Waals surface area contributed by atoms with Crippen LogP contribution in [0.2, 0.25) is 0 Å². The van der Waals surface area contributed by atoms with Crippen LogP contribution in [0.3, 0.4) is 0 Å².